The van der Waals surface area contributed by atoms with Crippen molar-refractivity contribution in [2.45, 2.75) is 19.6 Å². The molecular weight excluding hydrogens is 268 g/mol. The Balaban J connectivity index is 2.15. The molecule has 2 rings (SSSR count). The normalized spacial score (nSPS) is 11.8. The summed E-state index contributed by atoms with van der Waals surface area (Å²) in [6, 6.07) is 9.43. The van der Waals surface area contributed by atoms with E-state index in [0.717, 1.165) is 11.3 Å². The van der Waals surface area contributed by atoms with Crippen molar-refractivity contribution < 1.29 is 14.2 Å². The highest BCUT2D eigenvalue weighted by Crippen LogP contribution is 2.30. The van der Waals surface area contributed by atoms with Gasteiger partial charge in [0.05, 0.1) is 14.2 Å². The summed E-state index contributed by atoms with van der Waals surface area (Å²) < 4.78 is 16.3. The van der Waals surface area contributed by atoms with Crippen molar-refractivity contribution in [3.8, 4) is 17.2 Å². The molecule has 1 heterocycles. The molecule has 2 aromatic rings. The van der Waals surface area contributed by atoms with Gasteiger partial charge in [0.15, 0.2) is 11.5 Å². The smallest absolute Gasteiger partial charge is 0.185 e. The number of aromatic nitrogens is 1. The fourth-order valence-corrected chi connectivity index (χ4v) is 1.99. The number of nitrogens with zero attached hydrogens (tertiary/aromatic N) is 1. The molecule has 0 fully saturated rings. The van der Waals surface area contributed by atoms with Crippen LogP contribution in [0.25, 0.3) is 0 Å². The van der Waals surface area contributed by atoms with E-state index in [9.17, 15) is 0 Å². The Morgan fingerprint density at radius 3 is 2.67 bits per heavy atom. The minimum atomic E-state index is -0.0296. The highest BCUT2D eigenvalue weighted by Gasteiger charge is 2.11. The highest BCUT2D eigenvalue weighted by atomic mass is 16.5. The Bertz CT molecular complexity index is 600. The second-order valence-electron chi connectivity index (χ2n) is 4.64. The lowest BCUT2D eigenvalue weighted by molar-refractivity contribution is 0.284. The summed E-state index contributed by atoms with van der Waals surface area (Å²) in [4.78, 5) is 4.28. The van der Waals surface area contributed by atoms with E-state index >= 15 is 0 Å². The van der Waals surface area contributed by atoms with Crippen molar-refractivity contribution in [3.63, 3.8) is 0 Å². The van der Waals surface area contributed by atoms with Gasteiger partial charge >= 0.3 is 0 Å². The SMILES string of the molecule is COc1ccnc(COc2cccc(C(C)N)c2)c1OC. The topological polar surface area (TPSA) is 66.6 Å². The van der Waals surface area contributed by atoms with Crippen molar-refractivity contribution >= 4 is 0 Å². The summed E-state index contributed by atoms with van der Waals surface area (Å²) >= 11 is 0. The van der Waals surface area contributed by atoms with Crippen LogP contribution in [0.1, 0.15) is 24.2 Å². The van der Waals surface area contributed by atoms with Crippen LogP contribution in [0.3, 0.4) is 0 Å². The number of methoxy groups -OCH3 is 2. The Morgan fingerprint density at radius 2 is 2.00 bits per heavy atom. The van der Waals surface area contributed by atoms with Crippen LogP contribution >= 0.6 is 0 Å². The van der Waals surface area contributed by atoms with Gasteiger partial charge in [0, 0.05) is 18.3 Å². The lowest BCUT2D eigenvalue weighted by Crippen LogP contribution is -2.06. The number of hydrogen-bond acceptors (Lipinski definition) is 5. The molecule has 112 valence electrons. The van der Waals surface area contributed by atoms with Crippen molar-refractivity contribution in [2.24, 2.45) is 5.73 Å². The summed E-state index contributed by atoms with van der Waals surface area (Å²) in [6.07, 6.45) is 1.67. The van der Waals surface area contributed by atoms with E-state index in [1.165, 1.54) is 0 Å². The van der Waals surface area contributed by atoms with E-state index in [4.69, 9.17) is 19.9 Å². The van der Waals surface area contributed by atoms with Gasteiger partial charge in [-0.3, -0.25) is 4.98 Å². The van der Waals surface area contributed by atoms with E-state index in [1.807, 2.05) is 31.2 Å². The van der Waals surface area contributed by atoms with Crippen LogP contribution in [0.5, 0.6) is 17.2 Å². The minimum absolute atomic E-state index is 0.0296. The fraction of sp³-hybridized carbons (Fsp3) is 0.312. The predicted octanol–water partition coefficient (Wildman–Crippen LogP) is 2.70. The van der Waals surface area contributed by atoms with Gasteiger partial charge in [-0.05, 0) is 24.6 Å². The lowest BCUT2D eigenvalue weighted by atomic mass is 10.1. The molecule has 5 heteroatoms. The summed E-state index contributed by atoms with van der Waals surface area (Å²) in [6.45, 7) is 2.23. The Kier molecular flexibility index (Phi) is 5.00. The molecule has 1 unspecified atom stereocenters. The van der Waals surface area contributed by atoms with E-state index in [1.54, 1.807) is 26.5 Å². The van der Waals surface area contributed by atoms with Crippen molar-refractivity contribution in [2.75, 3.05) is 14.2 Å². The first-order valence-electron chi connectivity index (χ1n) is 6.70. The molecule has 0 bridgehead atoms. The third-order valence-corrected chi connectivity index (χ3v) is 3.13. The number of hydrogen-bond donors (Lipinski definition) is 1. The van der Waals surface area contributed by atoms with Crippen LogP contribution in [0.15, 0.2) is 36.5 Å². The zero-order valence-corrected chi connectivity index (χ0v) is 12.5. The first-order chi connectivity index (χ1) is 10.2. The maximum absolute atomic E-state index is 5.87. The van der Waals surface area contributed by atoms with Crippen LogP contribution in [0.4, 0.5) is 0 Å². The molecule has 0 saturated carbocycles. The van der Waals surface area contributed by atoms with E-state index < -0.39 is 0 Å². The van der Waals surface area contributed by atoms with Gasteiger partial charge in [0.2, 0.25) is 0 Å². The molecule has 1 aromatic heterocycles. The molecule has 0 amide bonds. The summed E-state index contributed by atoms with van der Waals surface area (Å²) in [5.41, 5.74) is 7.58. The molecule has 0 aliphatic carbocycles. The second kappa shape index (κ2) is 6.95. The minimum Gasteiger partial charge on any atom is -0.493 e. The quantitative estimate of drug-likeness (QED) is 0.885. The molecule has 1 aromatic carbocycles. The average molecular weight is 288 g/mol. The number of pyridine rings is 1. The van der Waals surface area contributed by atoms with E-state index in [-0.39, 0.29) is 6.04 Å². The van der Waals surface area contributed by atoms with E-state index in [2.05, 4.69) is 4.98 Å². The second-order valence-corrected chi connectivity index (χ2v) is 4.64. The molecule has 0 saturated heterocycles. The zero-order valence-electron chi connectivity index (χ0n) is 12.5. The van der Waals surface area contributed by atoms with Crippen LogP contribution in [0, 0.1) is 0 Å². The van der Waals surface area contributed by atoms with Gasteiger partial charge in [-0.2, -0.15) is 0 Å². The molecule has 0 radical (unpaired) electrons. The highest BCUT2D eigenvalue weighted by molar-refractivity contribution is 5.42. The number of ether oxygens (including phenoxy) is 3. The monoisotopic (exact) mass is 288 g/mol. The lowest BCUT2D eigenvalue weighted by Gasteiger charge is -2.13. The van der Waals surface area contributed by atoms with Gasteiger partial charge < -0.3 is 19.9 Å². The Morgan fingerprint density at radius 1 is 1.19 bits per heavy atom. The number of benzene rings is 1. The average Bonchev–Trinajstić information content (AvgIpc) is 2.52. The van der Waals surface area contributed by atoms with Gasteiger partial charge in [-0.15, -0.1) is 0 Å². The summed E-state index contributed by atoms with van der Waals surface area (Å²) in [5, 5.41) is 0. The van der Waals surface area contributed by atoms with Crippen LogP contribution in [-0.4, -0.2) is 19.2 Å². The first-order valence-corrected chi connectivity index (χ1v) is 6.70. The fourth-order valence-electron chi connectivity index (χ4n) is 1.99. The zero-order chi connectivity index (χ0) is 15.2. The van der Waals surface area contributed by atoms with Crippen LogP contribution < -0.4 is 19.9 Å². The van der Waals surface area contributed by atoms with Crippen LogP contribution in [0.2, 0.25) is 0 Å². The molecule has 0 spiro atoms. The maximum Gasteiger partial charge on any atom is 0.185 e. The molecular formula is C16H20N2O3. The molecule has 5 nitrogen and oxygen atoms in total. The third-order valence-electron chi connectivity index (χ3n) is 3.13. The first kappa shape index (κ1) is 15.1. The van der Waals surface area contributed by atoms with Crippen molar-refractivity contribution in [3.05, 3.63) is 47.8 Å². The molecule has 1 atom stereocenters. The predicted molar refractivity (Wildman–Crippen MR) is 80.7 cm³/mol. The Hall–Kier alpha value is -2.27. The largest absolute Gasteiger partial charge is 0.493 e. The van der Waals surface area contributed by atoms with Gasteiger partial charge in [0.25, 0.3) is 0 Å². The third kappa shape index (κ3) is 3.64. The van der Waals surface area contributed by atoms with Gasteiger partial charge in [-0.1, -0.05) is 12.1 Å². The van der Waals surface area contributed by atoms with Crippen molar-refractivity contribution in [1.82, 2.24) is 4.98 Å². The molecule has 0 aliphatic heterocycles. The number of rotatable bonds is 6. The van der Waals surface area contributed by atoms with Crippen LogP contribution in [-0.2, 0) is 6.61 Å². The molecule has 2 N–H and O–H groups in total. The van der Waals surface area contributed by atoms with E-state index in [0.29, 0.717) is 23.8 Å². The standard InChI is InChI=1S/C16H20N2O3/c1-11(17)12-5-4-6-13(9-12)21-10-14-16(20-3)15(19-2)7-8-18-14/h4-9,11H,10,17H2,1-3H3. The summed E-state index contributed by atoms with van der Waals surface area (Å²) in [7, 11) is 3.17. The molecule has 21 heavy (non-hydrogen) atoms. The number of nitrogens with two attached hydrogens (primary N) is 1. The maximum atomic E-state index is 5.87. The van der Waals surface area contributed by atoms with Gasteiger partial charge in [-0.25, -0.2) is 0 Å². The summed E-state index contributed by atoms with van der Waals surface area (Å²) in [5.74, 6) is 1.97. The Labute approximate surface area is 124 Å². The molecule has 0 aliphatic rings. The van der Waals surface area contributed by atoms with Gasteiger partial charge in [0.1, 0.15) is 18.1 Å². The van der Waals surface area contributed by atoms with Crippen molar-refractivity contribution in [1.29, 1.82) is 0 Å².